The number of hydrogen-bond acceptors (Lipinski definition) is 4. The third kappa shape index (κ3) is 6.36. The van der Waals surface area contributed by atoms with Gasteiger partial charge >= 0.3 is 6.61 Å². The molecule has 6 heteroatoms. The summed E-state index contributed by atoms with van der Waals surface area (Å²) in [6, 6.07) is 6.32. The number of alkyl halides is 2. The molecule has 0 saturated heterocycles. The fourth-order valence-corrected chi connectivity index (χ4v) is 1.27. The number of ether oxygens (including phenoxy) is 3. The smallest absolute Gasteiger partial charge is 0.387 e. The Morgan fingerprint density at radius 1 is 1.11 bits per heavy atom. The van der Waals surface area contributed by atoms with Gasteiger partial charge in [0.1, 0.15) is 5.75 Å². The molecule has 0 aliphatic heterocycles. The van der Waals surface area contributed by atoms with Crippen LogP contribution in [-0.4, -0.2) is 40.1 Å². The van der Waals surface area contributed by atoms with Gasteiger partial charge in [0, 0.05) is 19.3 Å². The van der Waals surface area contributed by atoms with Crippen molar-refractivity contribution in [2.24, 2.45) is 0 Å². The lowest BCUT2D eigenvalue weighted by molar-refractivity contribution is -0.0498. The first-order valence-electron chi connectivity index (χ1n) is 5.58. The first-order valence-corrected chi connectivity index (χ1v) is 5.58. The van der Waals surface area contributed by atoms with Gasteiger partial charge in [0.05, 0.1) is 19.8 Å². The average Bonchev–Trinajstić information content (AvgIpc) is 2.35. The maximum absolute atomic E-state index is 11.9. The predicted molar refractivity (Wildman–Crippen MR) is 64.3 cm³/mol. The van der Waals surface area contributed by atoms with Crippen molar-refractivity contribution in [2.75, 3.05) is 38.8 Å². The van der Waals surface area contributed by atoms with Crippen molar-refractivity contribution in [1.82, 2.24) is 0 Å². The summed E-state index contributed by atoms with van der Waals surface area (Å²) < 4.78 is 38.1. The maximum atomic E-state index is 11.9. The SMILES string of the molecule is COCCOCCNc1ccc(OC(F)F)cc1. The van der Waals surface area contributed by atoms with Gasteiger partial charge in [-0.3, -0.25) is 0 Å². The highest BCUT2D eigenvalue weighted by molar-refractivity contribution is 5.46. The average molecular weight is 261 g/mol. The Bertz CT molecular complexity index is 320. The molecule has 18 heavy (non-hydrogen) atoms. The van der Waals surface area contributed by atoms with Crippen LogP contribution in [0.2, 0.25) is 0 Å². The monoisotopic (exact) mass is 261 g/mol. The summed E-state index contributed by atoms with van der Waals surface area (Å²) >= 11 is 0. The zero-order chi connectivity index (χ0) is 13.2. The van der Waals surface area contributed by atoms with Crippen molar-refractivity contribution in [3.8, 4) is 5.75 Å². The lowest BCUT2D eigenvalue weighted by Crippen LogP contribution is -2.11. The molecular weight excluding hydrogens is 244 g/mol. The molecule has 102 valence electrons. The molecule has 0 bridgehead atoms. The van der Waals surface area contributed by atoms with Crippen LogP contribution in [0.3, 0.4) is 0 Å². The van der Waals surface area contributed by atoms with Gasteiger partial charge < -0.3 is 19.5 Å². The molecule has 0 unspecified atom stereocenters. The molecule has 0 heterocycles. The second-order valence-corrected chi connectivity index (χ2v) is 3.43. The normalized spacial score (nSPS) is 10.7. The highest BCUT2D eigenvalue weighted by atomic mass is 19.3. The number of anilines is 1. The van der Waals surface area contributed by atoms with E-state index in [1.165, 1.54) is 12.1 Å². The summed E-state index contributed by atoms with van der Waals surface area (Å²) in [4.78, 5) is 0. The summed E-state index contributed by atoms with van der Waals surface area (Å²) in [6.07, 6.45) is 0. The van der Waals surface area contributed by atoms with E-state index in [-0.39, 0.29) is 5.75 Å². The van der Waals surface area contributed by atoms with E-state index in [1.54, 1.807) is 19.2 Å². The van der Waals surface area contributed by atoms with E-state index < -0.39 is 6.61 Å². The molecule has 0 aromatic heterocycles. The first-order chi connectivity index (χ1) is 8.72. The molecule has 0 aliphatic carbocycles. The summed E-state index contributed by atoms with van der Waals surface area (Å²) in [5.74, 6) is 0.145. The highest BCUT2D eigenvalue weighted by Gasteiger charge is 2.03. The van der Waals surface area contributed by atoms with Crippen LogP contribution in [0.25, 0.3) is 0 Å². The minimum Gasteiger partial charge on any atom is -0.435 e. The largest absolute Gasteiger partial charge is 0.435 e. The third-order valence-electron chi connectivity index (χ3n) is 2.09. The number of nitrogens with one attached hydrogen (secondary N) is 1. The number of rotatable bonds is 9. The van der Waals surface area contributed by atoms with Crippen LogP contribution in [0, 0.1) is 0 Å². The molecule has 4 nitrogen and oxygen atoms in total. The Kier molecular flexibility index (Phi) is 7.05. The van der Waals surface area contributed by atoms with Gasteiger partial charge in [0.2, 0.25) is 0 Å². The van der Waals surface area contributed by atoms with Crippen molar-refractivity contribution in [2.45, 2.75) is 6.61 Å². The minimum atomic E-state index is -2.79. The van der Waals surface area contributed by atoms with Crippen molar-refractivity contribution in [3.63, 3.8) is 0 Å². The molecule has 0 saturated carbocycles. The van der Waals surface area contributed by atoms with Crippen LogP contribution < -0.4 is 10.1 Å². The van der Waals surface area contributed by atoms with Gasteiger partial charge in [-0.05, 0) is 24.3 Å². The third-order valence-corrected chi connectivity index (χ3v) is 2.09. The Hall–Kier alpha value is -1.40. The van der Waals surface area contributed by atoms with Crippen LogP contribution in [-0.2, 0) is 9.47 Å². The van der Waals surface area contributed by atoms with Crippen LogP contribution in [0.5, 0.6) is 5.75 Å². The van der Waals surface area contributed by atoms with Crippen LogP contribution in [0.15, 0.2) is 24.3 Å². The van der Waals surface area contributed by atoms with Gasteiger partial charge in [0.25, 0.3) is 0 Å². The molecule has 1 N–H and O–H groups in total. The van der Waals surface area contributed by atoms with E-state index >= 15 is 0 Å². The molecule has 1 rings (SSSR count). The molecule has 0 aliphatic rings. The molecule has 0 spiro atoms. The fraction of sp³-hybridized carbons (Fsp3) is 0.500. The first kappa shape index (κ1) is 14.7. The predicted octanol–water partition coefficient (Wildman–Crippen LogP) is 2.36. The minimum absolute atomic E-state index is 0.145. The van der Waals surface area contributed by atoms with Crippen molar-refractivity contribution < 1.29 is 23.0 Å². The van der Waals surface area contributed by atoms with Gasteiger partial charge in [-0.15, -0.1) is 0 Å². The zero-order valence-corrected chi connectivity index (χ0v) is 10.2. The summed E-state index contributed by atoms with van der Waals surface area (Å²) in [7, 11) is 1.62. The van der Waals surface area contributed by atoms with Crippen molar-refractivity contribution in [1.29, 1.82) is 0 Å². The standard InChI is InChI=1S/C12H17F2NO3/c1-16-8-9-17-7-6-15-10-2-4-11(5-3-10)18-12(13)14/h2-5,12,15H,6-9H2,1H3. The lowest BCUT2D eigenvalue weighted by Gasteiger charge is -2.08. The Morgan fingerprint density at radius 2 is 1.83 bits per heavy atom. The second-order valence-electron chi connectivity index (χ2n) is 3.43. The van der Waals surface area contributed by atoms with E-state index in [1.807, 2.05) is 0 Å². The molecule has 0 amide bonds. The quantitative estimate of drug-likeness (QED) is 0.693. The Balaban J connectivity index is 2.18. The molecule has 0 radical (unpaired) electrons. The number of benzene rings is 1. The highest BCUT2D eigenvalue weighted by Crippen LogP contribution is 2.17. The van der Waals surface area contributed by atoms with Gasteiger partial charge in [-0.1, -0.05) is 0 Å². The molecule has 1 aromatic carbocycles. The van der Waals surface area contributed by atoms with E-state index in [9.17, 15) is 8.78 Å². The van der Waals surface area contributed by atoms with Crippen LogP contribution in [0.4, 0.5) is 14.5 Å². The molecule has 0 atom stereocenters. The second kappa shape index (κ2) is 8.66. The van der Waals surface area contributed by atoms with E-state index in [0.717, 1.165) is 5.69 Å². The van der Waals surface area contributed by atoms with Gasteiger partial charge in [-0.25, -0.2) is 0 Å². The van der Waals surface area contributed by atoms with E-state index in [2.05, 4.69) is 10.1 Å². The van der Waals surface area contributed by atoms with E-state index in [0.29, 0.717) is 26.4 Å². The lowest BCUT2D eigenvalue weighted by atomic mass is 10.3. The summed E-state index contributed by atoms with van der Waals surface area (Å²) in [5.41, 5.74) is 0.826. The van der Waals surface area contributed by atoms with Crippen LogP contribution >= 0.6 is 0 Å². The molecule has 0 fully saturated rings. The number of hydrogen-bond donors (Lipinski definition) is 1. The number of methoxy groups -OCH3 is 1. The van der Waals surface area contributed by atoms with Gasteiger partial charge in [0.15, 0.2) is 0 Å². The molecular formula is C12H17F2NO3. The Morgan fingerprint density at radius 3 is 2.44 bits per heavy atom. The van der Waals surface area contributed by atoms with Crippen molar-refractivity contribution >= 4 is 5.69 Å². The number of halogens is 2. The fourth-order valence-electron chi connectivity index (χ4n) is 1.27. The van der Waals surface area contributed by atoms with Gasteiger partial charge in [-0.2, -0.15) is 8.78 Å². The van der Waals surface area contributed by atoms with Crippen LogP contribution in [0.1, 0.15) is 0 Å². The summed E-state index contributed by atoms with van der Waals surface area (Å²) in [5, 5.41) is 3.09. The van der Waals surface area contributed by atoms with Crippen molar-refractivity contribution in [3.05, 3.63) is 24.3 Å². The van der Waals surface area contributed by atoms with E-state index in [4.69, 9.17) is 9.47 Å². The summed E-state index contributed by atoms with van der Waals surface area (Å²) in [6.45, 7) is -0.478. The zero-order valence-electron chi connectivity index (χ0n) is 10.2. The maximum Gasteiger partial charge on any atom is 0.387 e. The Labute approximate surface area is 105 Å². The molecule has 1 aromatic rings. The topological polar surface area (TPSA) is 39.7 Å².